The number of nitriles is 1. The van der Waals surface area contributed by atoms with E-state index in [1.165, 1.54) is 0 Å². The minimum absolute atomic E-state index is 0.0354. The van der Waals surface area contributed by atoms with Gasteiger partial charge < -0.3 is 10.1 Å². The van der Waals surface area contributed by atoms with Crippen LogP contribution in [0.3, 0.4) is 0 Å². The molecule has 2 rings (SSSR count). The number of rotatable bonds is 5. The van der Waals surface area contributed by atoms with Crippen LogP contribution in [0.4, 0.5) is 0 Å². The Balaban J connectivity index is 2.21. The first-order valence-corrected chi connectivity index (χ1v) is 6.55. The highest BCUT2D eigenvalue weighted by Crippen LogP contribution is 2.09. The summed E-state index contributed by atoms with van der Waals surface area (Å²) in [4.78, 5) is 38.2. The number of nitrogens with zero attached hydrogens (tertiary/aromatic N) is 1. The summed E-state index contributed by atoms with van der Waals surface area (Å²) in [5.41, 5.74) is -0.0831. The molecule has 1 heterocycles. The molecule has 0 bridgehead atoms. The van der Waals surface area contributed by atoms with Gasteiger partial charge in [-0.1, -0.05) is 24.3 Å². The number of aryl methyl sites for hydroxylation is 1. The lowest BCUT2D eigenvalue weighted by atomic mass is 10.0. The zero-order valence-electron chi connectivity index (χ0n) is 11.5. The zero-order valence-corrected chi connectivity index (χ0v) is 11.5. The minimum atomic E-state index is -1.34. The van der Waals surface area contributed by atoms with Gasteiger partial charge in [0.1, 0.15) is 5.69 Å². The molecule has 7 heteroatoms. The van der Waals surface area contributed by atoms with Gasteiger partial charge in [0.05, 0.1) is 12.5 Å². The first kappa shape index (κ1) is 15.3. The van der Waals surface area contributed by atoms with Crippen LogP contribution in [0.15, 0.2) is 33.9 Å². The van der Waals surface area contributed by atoms with Gasteiger partial charge in [-0.2, -0.15) is 5.26 Å². The Labute approximate surface area is 124 Å². The van der Waals surface area contributed by atoms with Crippen molar-refractivity contribution in [2.45, 2.75) is 19.3 Å². The quantitative estimate of drug-likeness (QED) is 0.745. The predicted octanol–water partition coefficient (Wildman–Crippen LogP) is 0.613. The molecule has 0 aliphatic rings. The number of benzene rings is 1. The molecule has 0 radical (unpaired) electrons. The molecule has 0 aliphatic heterocycles. The number of carboxylic acid groups (broad SMARTS) is 1. The highest BCUT2D eigenvalue weighted by atomic mass is 16.4. The van der Waals surface area contributed by atoms with Gasteiger partial charge in [0, 0.05) is 5.56 Å². The third-order valence-electron chi connectivity index (χ3n) is 3.23. The van der Waals surface area contributed by atoms with Crippen molar-refractivity contribution in [1.82, 2.24) is 9.97 Å². The maximum Gasteiger partial charge on any atom is 0.352 e. The van der Waals surface area contributed by atoms with Gasteiger partial charge in [-0.15, -0.1) is 0 Å². The second-order valence-electron chi connectivity index (χ2n) is 4.72. The van der Waals surface area contributed by atoms with Crippen LogP contribution in [0.1, 0.15) is 27.2 Å². The summed E-state index contributed by atoms with van der Waals surface area (Å²) in [6, 6.07) is 9.33. The van der Waals surface area contributed by atoms with Crippen LogP contribution in [0.2, 0.25) is 0 Å². The average molecular weight is 299 g/mol. The van der Waals surface area contributed by atoms with Crippen LogP contribution in [0.25, 0.3) is 0 Å². The van der Waals surface area contributed by atoms with Crippen molar-refractivity contribution in [2.75, 3.05) is 0 Å². The monoisotopic (exact) mass is 299 g/mol. The summed E-state index contributed by atoms with van der Waals surface area (Å²) < 4.78 is 0. The fourth-order valence-electron chi connectivity index (χ4n) is 2.12. The molecular formula is C15H13N3O4. The predicted molar refractivity (Wildman–Crippen MR) is 77.8 cm³/mol. The Morgan fingerprint density at radius 2 is 1.73 bits per heavy atom. The van der Waals surface area contributed by atoms with Crippen LogP contribution in [-0.2, 0) is 19.3 Å². The molecule has 0 saturated carbocycles. The number of nitrogens with one attached hydrogen (secondary N) is 2. The fraction of sp³-hybridized carbons (Fsp3) is 0.200. The lowest BCUT2D eigenvalue weighted by Gasteiger charge is -2.05. The zero-order chi connectivity index (χ0) is 16.1. The van der Waals surface area contributed by atoms with Crippen molar-refractivity contribution in [1.29, 1.82) is 5.26 Å². The average Bonchev–Trinajstić information content (AvgIpc) is 2.47. The topological polar surface area (TPSA) is 127 Å². The highest BCUT2D eigenvalue weighted by molar-refractivity contribution is 5.86. The largest absolute Gasteiger partial charge is 0.477 e. The first-order chi connectivity index (χ1) is 10.5. The van der Waals surface area contributed by atoms with E-state index in [1.54, 1.807) is 0 Å². The number of carboxylic acids is 1. The molecule has 1 aromatic heterocycles. The molecule has 0 unspecified atom stereocenters. The van der Waals surface area contributed by atoms with Gasteiger partial charge in [-0.05, 0) is 24.0 Å². The Morgan fingerprint density at radius 3 is 2.32 bits per heavy atom. The van der Waals surface area contributed by atoms with Gasteiger partial charge in [0.25, 0.3) is 5.56 Å². The fourth-order valence-corrected chi connectivity index (χ4v) is 2.12. The number of carbonyl (C=O) groups is 1. The van der Waals surface area contributed by atoms with Crippen molar-refractivity contribution in [2.24, 2.45) is 0 Å². The van der Waals surface area contributed by atoms with Crippen molar-refractivity contribution >= 4 is 5.97 Å². The first-order valence-electron chi connectivity index (χ1n) is 6.55. The third-order valence-corrected chi connectivity index (χ3v) is 3.23. The maximum absolute atomic E-state index is 11.8. The van der Waals surface area contributed by atoms with Crippen LogP contribution >= 0.6 is 0 Å². The van der Waals surface area contributed by atoms with Crippen LogP contribution in [-0.4, -0.2) is 21.0 Å². The molecule has 0 atom stereocenters. The standard InChI is InChI=1S/C15H13N3O4/c16-8-7-10-3-1-9(2-4-10)5-6-11-12(14(20)21)17-15(22)18-13(11)19/h1-4H,5-7H2,(H,20,21)(H2,17,18,19,22). The second-order valence-corrected chi connectivity index (χ2v) is 4.72. The summed E-state index contributed by atoms with van der Waals surface area (Å²) in [7, 11) is 0. The number of aromatic amines is 2. The van der Waals surface area contributed by atoms with E-state index >= 15 is 0 Å². The van der Waals surface area contributed by atoms with E-state index in [4.69, 9.17) is 10.4 Å². The number of hydrogen-bond donors (Lipinski definition) is 3. The molecule has 0 fully saturated rings. The molecule has 0 aliphatic carbocycles. The summed E-state index contributed by atoms with van der Waals surface area (Å²) in [5, 5.41) is 17.7. The smallest absolute Gasteiger partial charge is 0.352 e. The van der Waals surface area contributed by atoms with Crippen molar-refractivity contribution < 1.29 is 9.90 Å². The summed E-state index contributed by atoms with van der Waals surface area (Å²) in [6.07, 6.45) is 0.955. The molecule has 3 N–H and O–H groups in total. The summed E-state index contributed by atoms with van der Waals surface area (Å²) >= 11 is 0. The molecule has 2 aromatic rings. The Kier molecular flexibility index (Phi) is 4.53. The van der Waals surface area contributed by atoms with E-state index in [0.717, 1.165) is 11.1 Å². The Hall–Kier alpha value is -3.14. The maximum atomic E-state index is 11.8. The lowest BCUT2D eigenvalue weighted by Crippen LogP contribution is -2.30. The molecule has 0 saturated heterocycles. The summed E-state index contributed by atoms with van der Waals surface area (Å²) in [6.45, 7) is 0. The van der Waals surface area contributed by atoms with E-state index in [-0.39, 0.29) is 17.7 Å². The Morgan fingerprint density at radius 1 is 1.09 bits per heavy atom. The van der Waals surface area contributed by atoms with Gasteiger partial charge in [-0.3, -0.25) is 9.78 Å². The van der Waals surface area contributed by atoms with Crippen LogP contribution < -0.4 is 11.2 Å². The summed E-state index contributed by atoms with van der Waals surface area (Å²) in [5.74, 6) is -1.34. The molecule has 22 heavy (non-hydrogen) atoms. The van der Waals surface area contributed by atoms with Crippen LogP contribution in [0, 0.1) is 11.3 Å². The van der Waals surface area contributed by atoms with Crippen molar-refractivity contribution in [3.05, 3.63) is 67.5 Å². The SMILES string of the molecule is N#CCc1ccc(CCc2c(C(=O)O)[nH]c(=O)[nH]c2=O)cc1. The molecule has 0 amide bonds. The van der Waals surface area contributed by atoms with Gasteiger partial charge in [0.2, 0.25) is 0 Å². The lowest BCUT2D eigenvalue weighted by molar-refractivity contribution is 0.0688. The highest BCUT2D eigenvalue weighted by Gasteiger charge is 2.15. The third kappa shape index (κ3) is 3.49. The Bertz CT molecular complexity index is 841. The molecule has 112 valence electrons. The molecule has 1 aromatic carbocycles. The number of aromatic carboxylic acids is 1. The van der Waals surface area contributed by atoms with E-state index < -0.39 is 17.2 Å². The van der Waals surface area contributed by atoms with Gasteiger partial charge in [-0.25, -0.2) is 9.59 Å². The molecular weight excluding hydrogens is 286 g/mol. The van der Waals surface area contributed by atoms with Gasteiger partial charge >= 0.3 is 11.7 Å². The van der Waals surface area contributed by atoms with E-state index in [9.17, 15) is 14.4 Å². The van der Waals surface area contributed by atoms with Gasteiger partial charge in [0.15, 0.2) is 0 Å². The van der Waals surface area contributed by atoms with Crippen molar-refractivity contribution in [3.8, 4) is 6.07 Å². The minimum Gasteiger partial charge on any atom is -0.477 e. The number of aromatic nitrogens is 2. The number of H-pyrrole nitrogens is 2. The number of hydrogen-bond acceptors (Lipinski definition) is 4. The normalized spacial score (nSPS) is 10.1. The van der Waals surface area contributed by atoms with E-state index in [2.05, 4.69) is 4.98 Å². The van der Waals surface area contributed by atoms with Crippen LogP contribution in [0.5, 0.6) is 0 Å². The second kappa shape index (κ2) is 6.54. The molecule has 0 spiro atoms. The molecule has 7 nitrogen and oxygen atoms in total. The van der Waals surface area contributed by atoms with E-state index in [1.807, 2.05) is 35.3 Å². The van der Waals surface area contributed by atoms with Crippen molar-refractivity contribution in [3.63, 3.8) is 0 Å². The van der Waals surface area contributed by atoms with E-state index in [0.29, 0.717) is 12.8 Å².